The molecule has 1 saturated carbocycles. The summed E-state index contributed by atoms with van der Waals surface area (Å²) in [4.78, 5) is 12.1. The van der Waals surface area contributed by atoms with Crippen molar-refractivity contribution in [2.45, 2.75) is 38.3 Å². The minimum Gasteiger partial charge on any atom is -0.396 e. The second-order valence-corrected chi connectivity index (χ2v) is 6.15. The van der Waals surface area contributed by atoms with Crippen LogP contribution in [0.25, 0.3) is 5.69 Å². The molecular formula is C17H23N5O2. The van der Waals surface area contributed by atoms with Crippen LogP contribution in [0.1, 0.15) is 31.4 Å². The van der Waals surface area contributed by atoms with E-state index in [-0.39, 0.29) is 24.6 Å². The van der Waals surface area contributed by atoms with Crippen LogP contribution in [0.5, 0.6) is 0 Å². The van der Waals surface area contributed by atoms with Gasteiger partial charge in [-0.25, -0.2) is 9.48 Å². The minimum absolute atomic E-state index is 0.0451. The Balaban J connectivity index is 1.50. The van der Waals surface area contributed by atoms with Crippen molar-refractivity contribution in [2.24, 2.45) is 5.92 Å². The maximum atomic E-state index is 12.1. The quantitative estimate of drug-likeness (QED) is 0.777. The summed E-state index contributed by atoms with van der Waals surface area (Å²) in [5.41, 5.74) is 1.62. The first kappa shape index (κ1) is 16.4. The highest BCUT2D eigenvalue weighted by atomic mass is 16.3. The monoisotopic (exact) mass is 329 g/mol. The Bertz CT molecular complexity index is 658. The van der Waals surface area contributed by atoms with E-state index in [0.717, 1.165) is 31.4 Å². The Morgan fingerprint density at radius 2 is 2.04 bits per heavy atom. The third-order valence-corrected chi connectivity index (χ3v) is 4.45. The van der Waals surface area contributed by atoms with Crippen molar-refractivity contribution in [1.82, 2.24) is 25.6 Å². The number of amides is 2. The smallest absolute Gasteiger partial charge is 0.315 e. The lowest BCUT2D eigenvalue weighted by Gasteiger charge is -2.30. The number of nitrogens with one attached hydrogen (secondary N) is 2. The van der Waals surface area contributed by atoms with Crippen molar-refractivity contribution in [3.05, 3.63) is 42.2 Å². The van der Waals surface area contributed by atoms with Crippen molar-refractivity contribution >= 4 is 6.03 Å². The van der Waals surface area contributed by atoms with Crippen molar-refractivity contribution in [2.75, 3.05) is 6.61 Å². The van der Waals surface area contributed by atoms with E-state index >= 15 is 0 Å². The molecule has 1 heterocycles. The molecule has 7 heteroatoms. The highest BCUT2D eigenvalue weighted by molar-refractivity contribution is 5.74. The number of aliphatic hydroxyl groups excluding tert-OH is 1. The average molecular weight is 329 g/mol. The molecule has 2 aromatic rings. The van der Waals surface area contributed by atoms with Crippen LogP contribution in [-0.2, 0) is 6.54 Å². The Labute approximate surface area is 141 Å². The maximum Gasteiger partial charge on any atom is 0.315 e. The molecule has 0 radical (unpaired) electrons. The van der Waals surface area contributed by atoms with Gasteiger partial charge >= 0.3 is 6.03 Å². The summed E-state index contributed by atoms with van der Waals surface area (Å²) in [6.45, 7) is 0.436. The summed E-state index contributed by atoms with van der Waals surface area (Å²) in [5, 5.41) is 23.3. The van der Waals surface area contributed by atoms with Crippen molar-refractivity contribution in [1.29, 1.82) is 0 Å². The normalized spacial score (nSPS) is 20.5. The molecule has 0 spiro atoms. The van der Waals surface area contributed by atoms with Crippen molar-refractivity contribution in [3.63, 3.8) is 0 Å². The first-order valence-corrected chi connectivity index (χ1v) is 8.38. The fourth-order valence-corrected chi connectivity index (χ4v) is 3.09. The Kier molecular flexibility index (Phi) is 5.43. The summed E-state index contributed by atoms with van der Waals surface area (Å²) >= 11 is 0. The molecule has 1 aliphatic carbocycles. The number of nitrogens with zero attached hydrogens (tertiary/aromatic N) is 3. The van der Waals surface area contributed by atoms with E-state index in [2.05, 4.69) is 20.9 Å². The lowest BCUT2D eigenvalue weighted by molar-refractivity contribution is 0.153. The molecule has 128 valence electrons. The minimum atomic E-state index is -0.227. The number of para-hydroxylation sites is 1. The van der Waals surface area contributed by atoms with Gasteiger partial charge in [-0.2, -0.15) is 0 Å². The van der Waals surface area contributed by atoms with Crippen LogP contribution in [0.4, 0.5) is 4.79 Å². The Hall–Kier alpha value is -2.41. The first-order chi connectivity index (χ1) is 11.8. The van der Waals surface area contributed by atoms with Gasteiger partial charge in [-0.05, 0) is 25.0 Å². The molecule has 3 rings (SSSR count). The molecule has 2 amide bonds. The van der Waals surface area contributed by atoms with Gasteiger partial charge in [-0.1, -0.05) is 36.3 Å². The number of hydrogen-bond acceptors (Lipinski definition) is 4. The lowest BCUT2D eigenvalue weighted by atomic mass is 9.85. The summed E-state index contributed by atoms with van der Waals surface area (Å²) in [5.74, 6) is 0.156. The molecule has 3 N–H and O–H groups in total. The number of benzene rings is 1. The first-order valence-electron chi connectivity index (χ1n) is 8.38. The molecule has 0 saturated heterocycles. The highest BCUT2D eigenvalue weighted by Gasteiger charge is 2.25. The average Bonchev–Trinajstić information content (AvgIpc) is 3.10. The van der Waals surface area contributed by atoms with E-state index in [9.17, 15) is 9.90 Å². The number of rotatable bonds is 5. The summed E-state index contributed by atoms with van der Waals surface area (Å²) < 4.78 is 1.68. The Morgan fingerprint density at radius 1 is 1.25 bits per heavy atom. The highest BCUT2D eigenvalue weighted by Crippen LogP contribution is 2.23. The molecular weight excluding hydrogens is 306 g/mol. The zero-order chi connectivity index (χ0) is 16.8. The summed E-state index contributed by atoms with van der Waals surface area (Å²) in [6.07, 6.45) is 5.89. The van der Waals surface area contributed by atoms with Gasteiger partial charge in [0.05, 0.1) is 18.4 Å². The topological polar surface area (TPSA) is 92.1 Å². The fraction of sp³-hybridized carbons (Fsp3) is 0.471. The predicted octanol–water partition coefficient (Wildman–Crippen LogP) is 1.62. The van der Waals surface area contributed by atoms with Gasteiger partial charge < -0.3 is 15.7 Å². The van der Waals surface area contributed by atoms with E-state index < -0.39 is 0 Å². The molecule has 24 heavy (non-hydrogen) atoms. The predicted molar refractivity (Wildman–Crippen MR) is 89.6 cm³/mol. The second kappa shape index (κ2) is 7.92. The van der Waals surface area contributed by atoms with E-state index in [4.69, 9.17) is 0 Å². The number of hydrogen-bond donors (Lipinski definition) is 3. The van der Waals surface area contributed by atoms with Crippen LogP contribution in [0.15, 0.2) is 36.5 Å². The summed E-state index contributed by atoms with van der Waals surface area (Å²) in [6, 6.07) is 9.51. The molecule has 1 aromatic carbocycles. The van der Waals surface area contributed by atoms with Gasteiger partial charge in [0, 0.05) is 18.6 Å². The van der Waals surface area contributed by atoms with Crippen LogP contribution in [0.3, 0.4) is 0 Å². The number of aliphatic hydroxyl groups is 1. The molecule has 0 bridgehead atoms. The molecule has 2 atom stereocenters. The molecule has 0 aliphatic heterocycles. The van der Waals surface area contributed by atoms with Gasteiger partial charge in [0.2, 0.25) is 0 Å². The van der Waals surface area contributed by atoms with Gasteiger partial charge in [0.25, 0.3) is 0 Å². The fourth-order valence-electron chi connectivity index (χ4n) is 3.09. The maximum absolute atomic E-state index is 12.1. The second-order valence-electron chi connectivity index (χ2n) is 6.15. The van der Waals surface area contributed by atoms with E-state index in [1.165, 1.54) is 0 Å². The number of carbonyl (C=O) groups excluding carboxylic acids is 1. The standard InChI is InChI=1S/C17H23N5O2/c23-12-13-6-4-5-9-16(13)19-17(24)18-10-14-11-22(21-20-14)15-7-2-1-3-8-15/h1-3,7-8,11,13,16,23H,4-6,9-10,12H2,(H2,18,19,24)/t13-,16+/m1/s1. The zero-order valence-electron chi connectivity index (χ0n) is 13.6. The third-order valence-electron chi connectivity index (χ3n) is 4.45. The van der Waals surface area contributed by atoms with Gasteiger partial charge in [0.15, 0.2) is 0 Å². The molecule has 1 aromatic heterocycles. The van der Waals surface area contributed by atoms with E-state index in [1.807, 2.05) is 30.3 Å². The summed E-state index contributed by atoms with van der Waals surface area (Å²) in [7, 11) is 0. The van der Waals surface area contributed by atoms with E-state index in [1.54, 1.807) is 10.9 Å². The SMILES string of the molecule is O=C(NCc1cn(-c2ccccc2)nn1)N[C@H]1CCCC[C@@H]1CO. The van der Waals surface area contributed by atoms with Crippen LogP contribution in [0.2, 0.25) is 0 Å². The molecule has 0 unspecified atom stereocenters. The van der Waals surface area contributed by atoms with Crippen LogP contribution < -0.4 is 10.6 Å². The molecule has 1 fully saturated rings. The third kappa shape index (κ3) is 4.11. The van der Waals surface area contributed by atoms with Crippen LogP contribution >= 0.6 is 0 Å². The van der Waals surface area contributed by atoms with Crippen molar-refractivity contribution in [3.8, 4) is 5.69 Å². The molecule has 1 aliphatic rings. The van der Waals surface area contributed by atoms with E-state index in [0.29, 0.717) is 12.2 Å². The molecule has 7 nitrogen and oxygen atoms in total. The number of urea groups is 1. The largest absolute Gasteiger partial charge is 0.396 e. The number of carbonyl (C=O) groups is 1. The Morgan fingerprint density at radius 3 is 2.83 bits per heavy atom. The van der Waals surface area contributed by atoms with Gasteiger partial charge in [-0.3, -0.25) is 0 Å². The lowest BCUT2D eigenvalue weighted by Crippen LogP contribution is -2.47. The van der Waals surface area contributed by atoms with Crippen LogP contribution in [0, 0.1) is 5.92 Å². The van der Waals surface area contributed by atoms with Crippen molar-refractivity contribution < 1.29 is 9.90 Å². The zero-order valence-corrected chi connectivity index (χ0v) is 13.6. The number of aromatic nitrogens is 3. The van der Waals surface area contributed by atoms with Gasteiger partial charge in [0.1, 0.15) is 5.69 Å². The van der Waals surface area contributed by atoms with Gasteiger partial charge in [-0.15, -0.1) is 5.10 Å². The van der Waals surface area contributed by atoms with Crippen LogP contribution in [-0.4, -0.2) is 38.8 Å².